The van der Waals surface area contributed by atoms with Gasteiger partial charge in [0, 0.05) is 34.0 Å². The molecule has 7 aromatic rings. The van der Waals surface area contributed by atoms with E-state index < -0.39 is 8.16 Å². The van der Waals surface area contributed by atoms with Crippen molar-refractivity contribution in [1.82, 2.24) is 0 Å². The molecule has 0 aliphatic rings. The average molecular weight is 600 g/mol. The van der Waals surface area contributed by atoms with Gasteiger partial charge in [-0.25, -0.2) is 0 Å². The summed E-state index contributed by atoms with van der Waals surface area (Å²) in [6, 6.07) is 41.4. The quantitative estimate of drug-likeness (QED) is 0.182. The Morgan fingerprint density at radius 3 is 1.39 bits per heavy atom. The van der Waals surface area contributed by atoms with Crippen LogP contribution in [0.2, 0.25) is 0 Å². The number of nitrogens with zero attached hydrogens (tertiary/aromatic N) is 1. The van der Waals surface area contributed by atoms with Crippen molar-refractivity contribution < 1.29 is 17.9 Å². The Bertz CT molecular complexity index is 2020. The number of benzene rings is 6. The van der Waals surface area contributed by atoms with Gasteiger partial charge in [0.2, 0.25) is 0 Å². The number of methoxy groups -OCH3 is 2. The SMILES string of the molecule is COc1ccccc1[C@@H](C)N([C@@H](C)c1ccccc1OC)p1oc2ccc3ccccc3c2c2c(ccc3ccccc32)o1. The van der Waals surface area contributed by atoms with E-state index in [1.54, 1.807) is 14.2 Å². The van der Waals surface area contributed by atoms with Crippen LogP contribution in [0.5, 0.6) is 11.5 Å². The van der Waals surface area contributed by atoms with Crippen LogP contribution >= 0.6 is 8.16 Å². The Morgan fingerprint density at radius 2 is 0.932 bits per heavy atom. The molecular formula is C38H34NO4P. The van der Waals surface area contributed by atoms with Gasteiger partial charge in [-0.15, -0.1) is 0 Å². The van der Waals surface area contributed by atoms with Crippen molar-refractivity contribution in [3.05, 3.63) is 132 Å². The highest BCUT2D eigenvalue weighted by atomic mass is 31.1. The second-order valence-corrected chi connectivity index (χ2v) is 12.3. The van der Waals surface area contributed by atoms with Crippen LogP contribution in [0.4, 0.5) is 0 Å². The summed E-state index contributed by atoms with van der Waals surface area (Å²) in [7, 11) is 1.74. The molecule has 0 aliphatic heterocycles. The molecule has 0 aliphatic carbocycles. The fourth-order valence-electron chi connectivity index (χ4n) is 6.38. The molecule has 0 saturated carbocycles. The zero-order chi connectivity index (χ0) is 30.2. The molecule has 6 aromatic carbocycles. The van der Waals surface area contributed by atoms with Gasteiger partial charge in [0.1, 0.15) is 22.7 Å². The zero-order valence-electron chi connectivity index (χ0n) is 25.2. The maximum atomic E-state index is 7.08. The van der Waals surface area contributed by atoms with Crippen LogP contribution in [-0.2, 0) is 0 Å². The lowest BCUT2D eigenvalue weighted by Gasteiger charge is -2.33. The first-order valence-electron chi connectivity index (χ1n) is 14.8. The second kappa shape index (κ2) is 11.8. The van der Waals surface area contributed by atoms with E-state index >= 15 is 0 Å². The van der Waals surface area contributed by atoms with Crippen LogP contribution in [-0.4, -0.2) is 14.2 Å². The molecule has 44 heavy (non-hydrogen) atoms. The van der Waals surface area contributed by atoms with Gasteiger partial charge < -0.3 is 17.9 Å². The van der Waals surface area contributed by atoms with E-state index in [2.05, 4.69) is 103 Å². The predicted molar refractivity (Wildman–Crippen MR) is 182 cm³/mol. The number of fused-ring (bicyclic) bond motifs is 7. The van der Waals surface area contributed by atoms with E-state index in [0.717, 1.165) is 66.1 Å². The number of hydrogen-bond acceptors (Lipinski definition) is 5. The summed E-state index contributed by atoms with van der Waals surface area (Å²) in [5.41, 5.74) is 3.70. The van der Waals surface area contributed by atoms with Crippen molar-refractivity contribution >= 4 is 51.6 Å². The Hall–Kier alpha value is -4.70. The average Bonchev–Trinajstić information content (AvgIpc) is 3.25. The lowest BCUT2D eigenvalue weighted by molar-refractivity contribution is 0.399. The highest BCUT2D eigenvalue weighted by Gasteiger charge is 2.32. The predicted octanol–water partition coefficient (Wildman–Crippen LogP) is 11.1. The van der Waals surface area contributed by atoms with Gasteiger partial charge in [-0.3, -0.25) is 0 Å². The van der Waals surface area contributed by atoms with Gasteiger partial charge in [0.25, 0.3) is 0 Å². The Kier molecular flexibility index (Phi) is 7.51. The van der Waals surface area contributed by atoms with Crippen molar-refractivity contribution in [3.63, 3.8) is 0 Å². The van der Waals surface area contributed by atoms with E-state index in [4.69, 9.17) is 17.9 Å². The normalized spacial score (nSPS) is 13.0. The Morgan fingerprint density at radius 1 is 0.523 bits per heavy atom. The van der Waals surface area contributed by atoms with Crippen molar-refractivity contribution in [2.75, 3.05) is 18.9 Å². The molecule has 7 rings (SSSR count). The molecule has 1 aromatic heterocycles. The maximum absolute atomic E-state index is 7.08. The molecule has 0 fully saturated rings. The standard InChI is InChI=1S/C38H34NO4P/c1-25(29-15-9-11-19-33(29)40-3)39(26(2)30-16-10-12-20-34(30)41-4)44-42-35-23-21-27-13-5-7-17-31(27)37(35)38-32-18-8-6-14-28(32)22-24-36(38)43-44/h5-26H,1-4H3/t25-,26+. The van der Waals surface area contributed by atoms with Crippen LogP contribution in [0, 0.1) is 0 Å². The molecule has 0 radical (unpaired) electrons. The van der Waals surface area contributed by atoms with Crippen molar-refractivity contribution in [2.24, 2.45) is 0 Å². The van der Waals surface area contributed by atoms with Crippen LogP contribution in [0.1, 0.15) is 37.1 Å². The molecule has 0 amide bonds. The fourth-order valence-corrected chi connectivity index (χ4v) is 8.06. The van der Waals surface area contributed by atoms with E-state index in [-0.39, 0.29) is 12.1 Å². The van der Waals surface area contributed by atoms with E-state index in [1.807, 2.05) is 36.4 Å². The molecule has 220 valence electrons. The minimum absolute atomic E-state index is 0.136. The topological polar surface area (TPSA) is 48.0 Å². The minimum Gasteiger partial charge on any atom is -0.496 e. The molecular weight excluding hydrogens is 565 g/mol. The molecule has 0 saturated heterocycles. The summed E-state index contributed by atoms with van der Waals surface area (Å²) < 4.78 is 28.2. The molecule has 2 atom stereocenters. The fraction of sp³-hybridized carbons (Fsp3) is 0.158. The lowest BCUT2D eigenvalue weighted by Crippen LogP contribution is -2.28. The van der Waals surface area contributed by atoms with Crippen molar-refractivity contribution in [2.45, 2.75) is 25.9 Å². The first kappa shape index (κ1) is 28.1. The van der Waals surface area contributed by atoms with Gasteiger partial charge in [0.15, 0.2) is 0 Å². The molecule has 0 unspecified atom stereocenters. The number of rotatable bonds is 7. The van der Waals surface area contributed by atoms with Crippen LogP contribution < -0.4 is 14.1 Å². The van der Waals surface area contributed by atoms with E-state index in [1.165, 1.54) is 0 Å². The summed E-state index contributed by atoms with van der Waals surface area (Å²) in [5, 5.41) is 6.67. The van der Waals surface area contributed by atoms with Gasteiger partial charge >= 0.3 is 8.16 Å². The number of hydrogen-bond donors (Lipinski definition) is 0. The van der Waals surface area contributed by atoms with E-state index in [0.29, 0.717) is 0 Å². The van der Waals surface area contributed by atoms with Crippen molar-refractivity contribution in [1.29, 1.82) is 0 Å². The highest BCUT2D eigenvalue weighted by Crippen LogP contribution is 2.49. The molecule has 0 spiro atoms. The Labute approximate surface area is 257 Å². The highest BCUT2D eigenvalue weighted by molar-refractivity contribution is 7.39. The lowest BCUT2D eigenvalue weighted by atomic mass is 9.99. The summed E-state index contributed by atoms with van der Waals surface area (Å²) in [6.07, 6.45) is 0. The smallest absolute Gasteiger partial charge is 0.310 e. The number of para-hydroxylation sites is 2. The maximum Gasteiger partial charge on any atom is 0.310 e. The third kappa shape index (κ3) is 4.79. The van der Waals surface area contributed by atoms with Crippen LogP contribution in [0.3, 0.4) is 0 Å². The number of ether oxygens (including phenoxy) is 2. The molecule has 0 bridgehead atoms. The van der Waals surface area contributed by atoms with E-state index in [9.17, 15) is 0 Å². The first-order chi connectivity index (χ1) is 21.6. The summed E-state index contributed by atoms with van der Waals surface area (Å²) in [4.78, 5) is 0. The van der Waals surface area contributed by atoms with Gasteiger partial charge in [-0.05, 0) is 59.7 Å². The zero-order valence-corrected chi connectivity index (χ0v) is 26.1. The summed E-state index contributed by atoms with van der Waals surface area (Å²) in [5.74, 6) is 1.64. The first-order valence-corrected chi connectivity index (χ1v) is 16.0. The third-order valence-electron chi connectivity index (χ3n) is 8.54. The second-order valence-electron chi connectivity index (χ2n) is 11.0. The van der Waals surface area contributed by atoms with Crippen molar-refractivity contribution in [3.8, 4) is 11.5 Å². The minimum atomic E-state index is -1.68. The monoisotopic (exact) mass is 599 g/mol. The Balaban J connectivity index is 1.59. The van der Waals surface area contributed by atoms with Gasteiger partial charge in [-0.1, -0.05) is 97.1 Å². The summed E-state index contributed by atoms with van der Waals surface area (Å²) >= 11 is 0. The third-order valence-corrected chi connectivity index (χ3v) is 10.3. The van der Waals surface area contributed by atoms with Crippen LogP contribution in [0.25, 0.3) is 43.5 Å². The molecule has 0 N–H and O–H groups in total. The van der Waals surface area contributed by atoms with Crippen LogP contribution in [0.15, 0.2) is 130 Å². The molecule has 5 nitrogen and oxygen atoms in total. The largest absolute Gasteiger partial charge is 0.496 e. The molecule has 1 heterocycles. The summed E-state index contributed by atoms with van der Waals surface area (Å²) in [6.45, 7) is 4.37. The van der Waals surface area contributed by atoms with Gasteiger partial charge in [-0.2, -0.15) is 4.67 Å². The van der Waals surface area contributed by atoms with Gasteiger partial charge in [0.05, 0.1) is 14.2 Å². The molecule has 6 heteroatoms.